The molecule has 6 heteroatoms. The molecule has 5 nitrogen and oxygen atoms in total. The Balaban J connectivity index is 1.52. The van der Waals surface area contributed by atoms with Crippen molar-refractivity contribution in [1.82, 2.24) is 25.3 Å². The standard InChI is InChI=1S/C20H20ClN5/c21-16-5-3-9-24-20(16)19-8-2-7-18(26-19)17-6-1-4-14(25-17)12-15-13-22-10-11-23-15/h1,3-6,9-11,13,18-19,26H,2,7-8,12H2/t18-,19+/m1/s1. The molecule has 0 bridgehead atoms. The number of pyridine rings is 2. The van der Waals surface area contributed by atoms with E-state index < -0.39 is 0 Å². The summed E-state index contributed by atoms with van der Waals surface area (Å²) in [6.45, 7) is 0. The summed E-state index contributed by atoms with van der Waals surface area (Å²) in [5, 5.41) is 4.40. The average Bonchev–Trinajstić information content (AvgIpc) is 2.69. The highest BCUT2D eigenvalue weighted by Gasteiger charge is 2.26. The lowest BCUT2D eigenvalue weighted by atomic mass is 9.94. The average molecular weight is 366 g/mol. The van der Waals surface area contributed by atoms with Crippen LogP contribution in [0.25, 0.3) is 0 Å². The Morgan fingerprint density at radius 1 is 0.962 bits per heavy atom. The first-order chi connectivity index (χ1) is 12.8. The first-order valence-corrected chi connectivity index (χ1v) is 9.24. The molecular weight excluding hydrogens is 346 g/mol. The summed E-state index contributed by atoms with van der Waals surface area (Å²) in [6, 6.07) is 10.3. The van der Waals surface area contributed by atoms with E-state index in [1.165, 1.54) is 0 Å². The third-order valence-corrected chi connectivity index (χ3v) is 4.99. The van der Waals surface area contributed by atoms with E-state index in [1.54, 1.807) is 24.8 Å². The quantitative estimate of drug-likeness (QED) is 0.755. The van der Waals surface area contributed by atoms with Crippen molar-refractivity contribution in [1.29, 1.82) is 0 Å². The Morgan fingerprint density at radius 3 is 2.73 bits per heavy atom. The Hall–Kier alpha value is -2.37. The second kappa shape index (κ2) is 7.89. The lowest BCUT2D eigenvalue weighted by Gasteiger charge is -2.31. The number of piperidine rings is 1. The summed E-state index contributed by atoms with van der Waals surface area (Å²) in [6.07, 6.45) is 10.9. The molecule has 1 N–H and O–H groups in total. The number of hydrogen-bond acceptors (Lipinski definition) is 5. The Morgan fingerprint density at radius 2 is 1.88 bits per heavy atom. The van der Waals surface area contributed by atoms with Crippen LogP contribution in [0.3, 0.4) is 0 Å². The molecule has 0 amide bonds. The zero-order valence-corrected chi connectivity index (χ0v) is 15.1. The van der Waals surface area contributed by atoms with Gasteiger partial charge in [-0.15, -0.1) is 0 Å². The molecule has 1 fully saturated rings. The summed E-state index contributed by atoms with van der Waals surface area (Å²) in [5.41, 5.74) is 3.91. The maximum atomic E-state index is 6.34. The fraction of sp³-hybridized carbons (Fsp3) is 0.300. The van der Waals surface area contributed by atoms with Crippen molar-refractivity contribution in [2.75, 3.05) is 0 Å². The summed E-state index contributed by atoms with van der Waals surface area (Å²) in [5.74, 6) is 0. The lowest BCUT2D eigenvalue weighted by Crippen LogP contribution is -2.32. The van der Waals surface area contributed by atoms with Gasteiger partial charge in [-0.2, -0.15) is 0 Å². The molecule has 4 heterocycles. The first kappa shape index (κ1) is 17.1. The van der Waals surface area contributed by atoms with Crippen LogP contribution in [-0.4, -0.2) is 19.9 Å². The highest BCUT2D eigenvalue weighted by Crippen LogP contribution is 2.33. The number of nitrogens with one attached hydrogen (secondary N) is 1. The second-order valence-corrected chi connectivity index (χ2v) is 6.91. The van der Waals surface area contributed by atoms with E-state index in [1.807, 2.05) is 18.2 Å². The van der Waals surface area contributed by atoms with Gasteiger partial charge >= 0.3 is 0 Å². The summed E-state index contributed by atoms with van der Waals surface area (Å²) >= 11 is 6.34. The molecule has 1 aliphatic rings. The minimum Gasteiger partial charge on any atom is -0.300 e. The number of rotatable bonds is 4. The van der Waals surface area contributed by atoms with Crippen LogP contribution in [0, 0.1) is 0 Å². The van der Waals surface area contributed by atoms with E-state index in [-0.39, 0.29) is 12.1 Å². The van der Waals surface area contributed by atoms with Crippen molar-refractivity contribution >= 4 is 11.6 Å². The molecule has 0 aromatic carbocycles. The fourth-order valence-corrected chi connectivity index (χ4v) is 3.69. The van der Waals surface area contributed by atoms with Crippen LogP contribution in [0.5, 0.6) is 0 Å². The molecule has 3 aromatic rings. The highest BCUT2D eigenvalue weighted by molar-refractivity contribution is 6.31. The molecule has 0 saturated carbocycles. The summed E-state index contributed by atoms with van der Waals surface area (Å²) < 4.78 is 0. The van der Waals surface area contributed by atoms with Gasteiger partial charge in [-0.05, 0) is 43.5 Å². The molecule has 0 spiro atoms. The van der Waals surface area contributed by atoms with E-state index >= 15 is 0 Å². The monoisotopic (exact) mass is 365 g/mol. The minimum atomic E-state index is 0.160. The maximum Gasteiger partial charge on any atom is 0.0759 e. The van der Waals surface area contributed by atoms with Crippen LogP contribution in [0.2, 0.25) is 5.02 Å². The molecule has 26 heavy (non-hydrogen) atoms. The predicted octanol–water partition coefficient (Wildman–Crippen LogP) is 4.07. The lowest BCUT2D eigenvalue weighted by molar-refractivity contribution is 0.321. The van der Waals surface area contributed by atoms with Crippen LogP contribution < -0.4 is 5.32 Å². The Labute approximate surface area is 157 Å². The van der Waals surface area contributed by atoms with Crippen molar-refractivity contribution in [3.63, 3.8) is 0 Å². The van der Waals surface area contributed by atoms with E-state index in [9.17, 15) is 0 Å². The molecule has 132 valence electrons. The van der Waals surface area contributed by atoms with Gasteiger partial charge in [0.25, 0.3) is 0 Å². The molecule has 0 unspecified atom stereocenters. The van der Waals surface area contributed by atoms with Crippen molar-refractivity contribution < 1.29 is 0 Å². The van der Waals surface area contributed by atoms with Crippen LogP contribution >= 0.6 is 11.6 Å². The van der Waals surface area contributed by atoms with Gasteiger partial charge in [0, 0.05) is 42.9 Å². The van der Waals surface area contributed by atoms with Gasteiger partial charge in [-0.3, -0.25) is 19.9 Å². The molecule has 2 atom stereocenters. The van der Waals surface area contributed by atoms with E-state index in [0.29, 0.717) is 6.42 Å². The Bertz CT molecular complexity index is 871. The minimum absolute atomic E-state index is 0.160. The van der Waals surface area contributed by atoms with Crippen molar-refractivity contribution in [2.24, 2.45) is 0 Å². The number of halogens is 1. The summed E-state index contributed by atoms with van der Waals surface area (Å²) in [4.78, 5) is 17.8. The van der Waals surface area contributed by atoms with E-state index in [0.717, 1.165) is 47.1 Å². The van der Waals surface area contributed by atoms with Crippen LogP contribution in [-0.2, 0) is 6.42 Å². The topological polar surface area (TPSA) is 63.6 Å². The summed E-state index contributed by atoms with van der Waals surface area (Å²) in [7, 11) is 0. The smallest absolute Gasteiger partial charge is 0.0759 e. The highest BCUT2D eigenvalue weighted by atomic mass is 35.5. The SMILES string of the molecule is Clc1cccnc1[C@@H]1CCC[C@H](c2cccc(Cc3cnccn3)n2)N1. The predicted molar refractivity (Wildman–Crippen MR) is 101 cm³/mol. The van der Waals surface area contributed by atoms with Gasteiger partial charge in [0.2, 0.25) is 0 Å². The zero-order valence-electron chi connectivity index (χ0n) is 14.3. The van der Waals surface area contributed by atoms with Gasteiger partial charge in [0.15, 0.2) is 0 Å². The van der Waals surface area contributed by atoms with Crippen molar-refractivity contribution in [2.45, 2.75) is 37.8 Å². The fourth-order valence-electron chi connectivity index (χ4n) is 3.44. The number of nitrogens with zero attached hydrogens (tertiary/aromatic N) is 4. The molecule has 0 aliphatic carbocycles. The van der Waals surface area contributed by atoms with Crippen LogP contribution in [0.1, 0.15) is 54.1 Å². The van der Waals surface area contributed by atoms with Gasteiger partial charge in [0.1, 0.15) is 0 Å². The van der Waals surface area contributed by atoms with E-state index in [2.05, 4.69) is 32.4 Å². The van der Waals surface area contributed by atoms with Crippen LogP contribution in [0.15, 0.2) is 55.1 Å². The molecule has 3 aromatic heterocycles. The molecule has 1 saturated heterocycles. The number of hydrogen-bond donors (Lipinski definition) is 1. The second-order valence-electron chi connectivity index (χ2n) is 6.50. The van der Waals surface area contributed by atoms with Gasteiger partial charge in [-0.25, -0.2) is 0 Å². The van der Waals surface area contributed by atoms with Gasteiger partial charge in [0.05, 0.1) is 28.1 Å². The molecular formula is C20H20ClN5. The van der Waals surface area contributed by atoms with Gasteiger partial charge in [-0.1, -0.05) is 17.7 Å². The molecule has 4 rings (SSSR count). The maximum absolute atomic E-state index is 6.34. The molecule has 0 radical (unpaired) electrons. The normalized spacial score (nSPS) is 20.0. The zero-order chi connectivity index (χ0) is 17.8. The van der Waals surface area contributed by atoms with Crippen molar-refractivity contribution in [3.8, 4) is 0 Å². The van der Waals surface area contributed by atoms with E-state index in [4.69, 9.17) is 16.6 Å². The molecule has 1 aliphatic heterocycles. The van der Waals surface area contributed by atoms with Crippen molar-refractivity contribution in [3.05, 3.63) is 82.9 Å². The third-order valence-electron chi connectivity index (χ3n) is 4.67. The first-order valence-electron chi connectivity index (χ1n) is 8.87. The Kier molecular flexibility index (Phi) is 5.18. The largest absolute Gasteiger partial charge is 0.300 e. The van der Waals surface area contributed by atoms with Crippen LogP contribution in [0.4, 0.5) is 0 Å². The van der Waals surface area contributed by atoms with Gasteiger partial charge < -0.3 is 5.32 Å². The third kappa shape index (κ3) is 3.89. The number of aromatic nitrogens is 4.